The van der Waals surface area contributed by atoms with Gasteiger partial charge in [-0.2, -0.15) is 0 Å². The predicted octanol–water partition coefficient (Wildman–Crippen LogP) is 2.80. The molecule has 1 aliphatic carbocycles. The van der Waals surface area contributed by atoms with Crippen LogP contribution < -0.4 is 15.2 Å². The van der Waals surface area contributed by atoms with Gasteiger partial charge in [0.2, 0.25) is 0 Å². The second-order valence-corrected chi connectivity index (χ2v) is 6.57. The second kappa shape index (κ2) is 5.41. The number of piperidine rings is 1. The van der Waals surface area contributed by atoms with Gasteiger partial charge in [0.1, 0.15) is 13.2 Å². The molecule has 0 bridgehead atoms. The van der Waals surface area contributed by atoms with E-state index in [1.54, 1.807) is 0 Å². The predicted molar refractivity (Wildman–Crippen MR) is 82.6 cm³/mol. The standard InChI is InChI=1S/C17H24N2O2/c18-14-10-17-16(20-7-8-21-17)9-13(14)11-19-6-2-4-12-3-1-5-15(12)19/h9-10,12,15H,1-8,11,18H2. The molecule has 21 heavy (non-hydrogen) atoms. The zero-order chi connectivity index (χ0) is 14.2. The molecule has 1 saturated carbocycles. The fourth-order valence-electron chi connectivity index (χ4n) is 4.26. The third-order valence-corrected chi connectivity index (χ3v) is 5.29. The molecule has 4 nitrogen and oxygen atoms in total. The Morgan fingerprint density at radius 2 is 1.81 bits per heavy atom. The van der Waals surface area contributed by atoms with Gasteiger partial charge in [0.05, 0.1) is 0 Å². The largest absolute Gasteiger partial charge is 0.486 e. The summed E-state index contributed by atoms with van der Waals surface area (Å²) in [5, 5.41) is 0. The average Bonchev–Trinajstić information content (AvgIpc) is 2.97. The van der Waals surface area contributed by atoms with E-state index in [9.17, 15) is 0 Å². The van der Waals surface area contributed by atoms with Crippen molar-refractivity contribution in [2.75, 3.05) is 25.5 Å². The Balaban J connectivity index is 1.56. The van der Waals surface area contributed by atoms with E-state index in [0.29, 0.717) is 13.2 Å². The zero-order valence-electron chi connectivity index (χ0n) is 12.5. The maximum absolute atomic E-state index is 6.24. The van der Waals surface area contributed by atoms with Gasteiger partial charge in [-0.25, -0.2) is 0 Å². The number of benzene rings is 1. The molecule has 2 aliphatic heterocycles. The fraction of sp³-hybridized carbons (Fsp3) is 0.647. The van der Waals surface area contributed by atoms with Crippen LogP contribution in [0, 0.1) is 5.92 Å². The highest BCUT2D eigenvalue weighted by atomic mass is 16.6. The zero-order valence-corrected chi connectivity index (χ0v) is 12.5. The van der Waals surface area contributed by atoms with Gasteiger partial charge < -0.3 is 15.2 Å². The van der Waals surface area contributed by atoms with Crippen molar-refractivity contribution in [3.63, 3.8) is 0 Å². The molecule has 2 fully saturated rings. The lowest BCUT2D eigenvalue weighted by atomic mass is 9.91. The molecule has 2 N–H and O–H groups in total. The van der Waals surface area contributed by atoms with Crippen LogP contribution in [-0.4, -0.2) is 30.7 Å². The molecule has 2 heterocycles. The van der Waals surface area contributed by atoms with Crippen LogP contribution in [-0.2, 0) is 6.54 Å². The van der Waals surface area contributed by atoms with Crippen LogP contribution in [0.1, 0.15) is 37.7 Å². The van der Waals surface area contributed by atoms with Gasteiger partial charge >= 0.3 is 0 Å². The Morgan fingerprint density at radius 1 is 1.05 bits per heavy atom. The van der Waals surface area contributed by atoms with Crippen LogP contribution in [0.5, 0.6) is 11.5 Å². The van der Waals surface area contributed by atoms with Gasteiger partial charge in [0.15, 0.2) is 11.5 Å². The van der Waals surface area contributed by atoms with Crippen molar-refractivity contribution in [2.45, 2.75) is 44.7 Å². The van der Waals surface area contributed by atoms with Crippen molar-refractivity contribution in [1.29, 1.82) is 0 Å². The Morgan fingerprint density at radius 3 is 2.67 bits per heavy atom. The topological polar surface area (TPSA) is 47.7 Å². The highest BCUT2D eigenvalue weighted by Crippen LogP contribution is 2.39. The van der Waals surface area contributed by atoms with Gasteiger partial charge in [-0.3, -0.25) is 4.90 Å². The number of ether oxygens (including phenoxy) is 2. The second-order valence-electron chi connectivity index (χ2n) is 6.57. The number of nitrogens with two attached hydrogens (primary N) is 1. The summed E-state index contributed by atoms with van der Waals surface area (Å²) >= 11 is 0. The van der Waals surface area contributed by atoms with Crippen LogP contribution in [0.25, 0.3) is 0 Å². The number of fused-ring (bicyclic) bond motifs is 2. The molecule has 4 rings (SSSR count). The van der Waals surface area contributed by atoms with E-state index in [0.717, 1.165) is 35.7 Å². The third-order valence-electron chi connectivity index (χ3n) is 5.29. The fourth-order valence-corrected chi connectivity index (χ4v) is 4.26. The lowest BCUT2D eigenvalue weighted by Gasteiger charge is -2.38. The first-order valence-electron chi connectivity index (χ1n) is 8.23. The Hall–Kier alpha value is -1.42. The number of nitrogen functional groups attached to an aromatic ring is 1. The van der Waals surface area contributed by atoms with Crippen molar-refractivity contribution in [3.05, 3.63) is 17.7 Å². The van der Waals surface area contributed by atoms with Crippen LogP contribution >= 0.6 is 0 Å². The molecule has 1 aromatic rings. The SMILES string of the molecule is Nc1cc2c(cc1CN1CCCC3CCCC31)OCCO2. The molecular formula is C17H24N2O2. The average molecular weight is 288 g/mol. The molecule has 0 amide bonds. The Labute approximate surface area is 126 Å². The third kappa shape index (κ3) is 2.46. The molecule has 2 atom stereocenters. The lowest BCUT2D eigenvalue weighted by molar-refractivity contribution is 0.106. The van der Waals surface area contributed by atoms with Crippen molar-refractivity contribution >= 4 is 5.69 Å². The van der Waals surface area contributed by atoms with Crippen LogP contribution in [0.15, 0.2) is 12.1 Å². The van der Waals surface area contributed by atoms with Crippen molar-refractivity contribution < 1.29 is 9.47 Å². The Kier molecular flexibility index (Phi) is 3.42. The first kappa shape index (κ1) is 13.3. The Bertz CT molecular complexity index is 532. The van der Waals surface area contributed by atoms with E-state index in [1.807, 2.05) is 6.07 Å². The maximum atomic E-state index is 6.24. The molecule has 0 radical (unpaired) electrons. The normalized spacial score (nSPS) is 28.4. The monoisotopic (exact) mass is 288 g/mol. The van der Waals surface area contributed by atoms with Crippen molar-refractivity contribution in [1.82, 2.24) is 4.90 Å². The summed E-state index contributed by atoms with van der Waals surface area (Å²) in [6.07, 6.45) is 6.90. The number of rotatable bonds is 2. The summed E-state index contributed by atoms with van der Waals surface area (Å²) in [5.41, 5.74) is 8.26. The van der Waals surface area contributed by atoms with Crippen LogP contribution in [0.4, 0.5) is 5.69 Å². The summed E-state index contributed by atoms with van der Waals surface area (Å²) < 4.78 is 11.3. The number of likely N-dealkylation sites (tertiary alicyclic amines) is 1. The molecule has 114 valence electrons. The number of anilines is 1. The smallest absolute Gasteiger partial charge is 0.163 e. The summed E-state index contributed by atoms with van der Waals surface area (Å²) in [5.74, 6) is 2.56. The first-order valence-corrected chi connectivity index (χ1v) is 8.23. The van der Waals surface area contributed by atoms with E-state index < -0.39 is 0 Å². The van der Waals surface area contributed by atoms with E-state index >= 15 is 0 Å². The summed E-state index contributed by atoms with van der Waals surface area (Å²) in [7, 11) is 0. The van der Waals surface area contributed by atoms with Gasteiger partial charge in [0.25, 0.3) is 0 Å². The molecule has 4 heteroatoms. The molecule has 1 aromatic carbocycles. The van der Waals surface area contributed by atoms with E-state index in [1.165, 1.54) is 44.2 Å². The van der Waals surface area contributed by atoms with Gasteiger partial charge in [0, 0.05) is 24.3 Å². The molecular weight excluding hydrogens is 264 g/mol. The summed E-state index contributed by atoms with van der Waals surface area (Å²) in [6.45, 7) is 3.39. The number of hydrogen-bond acceptors (Lipinski definition) is 4. The first-order chi connectivity index (χ1) is 10.3. The highest BCUT2D eigenvalue weighted by molar-refractivity contribution is 5.58. The van der Waals surface area contributed by atoms with Crippen molar-refractivity contribution in [2.24, 2.45) is 5.92 Å². The van der Waals surface area contributed by atoms with E-state index in [4.69, 9.17) is 15.2 Å². The molecule has 3 aliphatic rings. The minimum Gasteiger partial charge on any atom is -0.486 e. The van der Waals surface area contributed by atoms with Gasteiger partial charge in [-0.1, -0.05) is 6.42 Å². The molecule has 0 aromatic heterocycles. The van der Waals surface area contributed by atoms with Gasteiger partial charge in [-0.05, 0) is 49.8 Å². The van der Waals surface area contributed by atoms with Crippen molar-refractivity contribution in [3.8, 4) is 11.5 Å². The van der Waals surface area contributed by atoms with E-state index in [2.05, 4.69) is 11.0 Å². The summed E-state index contributed by atoms with van der Waals surface area (Å²) in [4.78, 5) is 2.64. The number of hydrogen-bond donors (Lipinski definition) is 1. The molecule has 1 saturated heterocycles. The van der Waals surface area contributed by atoms with Gasteiger partial charge in [-0.15, -0.1) is 0 Å². The van der Waals surface area contributed by atoms with Crippen LogP contribution in [0.3, 0.4) is 0 Å². The minimum atomic E-state index is 0.613. The number of nitrogens with zero attached hydrogens (tertiary/aromatic N) is 1. The maximum Gasteiger partial charge on any atom is 0.163 e. The quantitative estimate of drug-likeness (QED) is 0.850. The molecule has 0 spiro atoms. The molecule has 2 unspecified atom stereocenters. The van der Waals surface area contributed by atoms with Crippen LogP contribution in [0.2, 0.25) is 0 Å². The lowest BCUT2D eigenvalue weighted by Crippen LogP contribution is -2.42. The summed E-state index contributed by atoms with van der Waals surface area (Å²) in [6, 6.07) is 4.79. The minimum absolute atomic E-state index is 0.613. The van der Waals surface area contributed by atoms with E-state index in [-0.39, 0.29) is 0 Å². The highest BCUT2D eigenvalue weighted by Gasteiger charge is 2.35.